The summed E-state index contributed by atoms with van der Waals surface area (Å²) >= 11 is 5.27. The highest BCUT2D eigenvalue weighted by molar-refractivity contribution is 7.71. The molecule has 0 amide bonds. The fourth-order valence-electron chi connectivity index (χ4n) is 2.10. The van der Waals surface area contributed by atoms with Gasteiger partial charge in [-0.05, 0) is 30.4 Å². The van der Waals surface area contributed by atoms with Crippen LogP contribution in [-0.2, 0) is 20.0 Å². The van der Waals surface area contributed by atoms with E-state index in [1.807, 2.05) is 16.2 Å². The molecule has 0 bridgehead atoms. The molecule has 7 heteroatoms. The summed E-state index contributed by atoms with van der Waals surface area (Å²) in [5.74, 6) is 0.613. The minimum absolute atomic E-state index is 0.274. The second-order valence-corrected chi connectivity index (χ2v) is 4.74. The number of aryl methyl sites for hydroxylation is 3. The van der Waals surface area contributed by atoms with Crippen LogP contribution in [0.1, 0.15) is 5.82 Å². The lowest BCUT2D eigenvalue weighted by atomic mass is 10.3. The van der Waals surface area contributed by atoms with Crippen molar-refractivity contribution < 1.29 is 4.39 Å². The van der Waals surface area contributed by atoms with Crippen molar-refractivity contribution in [2.24, 2.45) is 7.05 Å². The molecule has 0 fully saturated rings. The summed E-state index contributed by atoms with van der Waals surface area (Å²) in [6.45, 7) is 0.678. The molecular weight excluding hydrogens is 265 g/mol. The van der Waals surface area contributed by atoms with Gasteiger partial charge in [0.2, 0.25) is 0 Å². The van der Waals surface area contributed by atoms with Crippen molar-refractivity contribution in [2.45, 2.75) is 13.0 Å². The zero-order valence-corrected chi connectivity index (χ0v) is 11.1. The third kappa shape index (κ3) is 2.17. The van der Waals surface area contributed by atoms with Crippen LogP contribution >= 0.6 is 12.2 Å². The molecule has 0 spiro atoms. The Labute approximate surface area is 113 Å². The van der Waals surface area contributed by atoms with Gasteiger partial charge >= 0.3 is 0 Å². The first-order chi connectivity index (χ1) is 9.15. The van der Waals surface area contributed by atoms with Crippen LogP contribution in [0.15, 0.2) is 24.5 Å². The fourth-order valence-corrected chi connectivity index (χ4v) is 2.40. The van der Waals surface area contributed by atoms with Crippen molar-refractivity contribution in [1.29, 1.82) is 0 Å². The van der Waals surface area contributed by atoms with E-state index in [1.165, 1.54) is 12.1 Å². The number of halogens is 1. The SMILES string of the molecule is Cn1cnnc1CCn1c(=S)[nH]c2cc(F)ccc21. The number of aromatic amines is 1. The topological polar surface area (TPSA) is 51.4 Å². The summed E-state index contributed by atoms with van der Waals surface area (Å²) in [5, 5.41) is 7.87. The van der Waals surface area contributed by atoms with Gasteiger partial charge in [-0.1, -0.05) is 0 Å². The average Bonchev–Trinajstić information content (AvgIpc) is 2.90. The van der Waals surface area contributed by atoms with Crippen LogP contribution in [0.4, 0.5) is 4.39 Å². The zero-order chi connectivity index (χ0) is 13.4. The van der Waals surface area contributed by atoms with E-state index < -0.39 is 0 Å². The molecule has 3 rings (SSSR count). The van der Waals surface area contributed by atoms with Crippen LogP contribution in [0, 0.1) is 10.6 Å². The number of benzene rings is 1. The predicted molar refractivity (Wildman–Crippen MR) is 71.8 cm³/mol. The van der Waals surface area contributed by atoms with Gasteiger partial charge in [0.1, 0.15) is 18.0 Å². The molecule has 0 unspecified atom stereocenters. The molecule has 0 saturated heterocycles. The molecule has 1 N–H and O–H groups in total. The number of aromatic nitrogens is 5. The Kier molecular flexibility index (Phi) is 2.90. The molecule has 0 aliphatic carbocycles. The van der Waals surface area contributed by atoms with E-state index in [9.17, 15) is 4.39 Å². The molecule has 2 aromatic heterocycles. The second kappa shape index (κ2) is 4.58. The first-order valence-corrected chi connectivity index (χ1v) is 6.27. The van der Waals surface area contributed by atoms with Crippen LogP contribution < -0.4 is 0 Å². The van der Waals surface area contributed by atoms with E-state index in [4.69, 9.17) is 12.2 Å². The molecule has 0 radical (unpaired) electrons. The standard InChI is InChI=1S/C12H12FN5S/c1-17-7-14-16-11(17)4-5-18-10-3-2-8(13)6-9(10)15-12(18)19/h2-3,6-7H,4-5H2,1H3,(H,15,19). The van der Waals surface area contributed by atoms with E-state index in [0.717, 1.165) is 17.8 Å². The Bertz CT molecular complexity index is 785. The average molecular weight is 277 g/mol. The quantitative estimate of drug-likeness (QED) is 0.747. The molecule has 0 aliphatic heterocycles. The lowest BCUT2D eigenvalue weighted by Crippen LogP contribution is -2.05. The van der Waals surface area contributed by atoms with Gasteiger partial charge in [0.25, 0.3) is 0 Å². The van der Waals surface area contributed by atoms with Crippen molar-refractivity contribution in [3.8, 4) is 0 Å². The summed E-state index contributed by atoms with van der Waals surface area (Å²) in [7, 11) is 1.90. The molecular formula is C12H12FN5S. The maximum absolute atomic E-state index is 13.2. The smallest absolute Gasteiger partial charge is 0.178 e. The van der Waals surface area contributed by atoms with Crippen LogP contribution in [-0.4, -0.2) is 24.3 Å². The molecule has 3 aromatic rings. The first kappa shape index (κ1) is 12.0. The van der Waals surface area contributed by atoms with E-state index in [0.29, 0.717) is 16.8 Å². The molecule has 0 saturated carbocycles. The normalized spacial score (nSPS) is 11.3. The number of hydrogen-bond acceptors (Lipinski definition) is 3. The number of fused-ring (bicyclic) bond motifs is 1. The van der Waals surface area contributed by atoms with Gasteiger partial charge in [-0.25, -0.2) is 4.39 Å². The Hall–Kier alpha value is -2.02. The highest BCUT2D eigenvalue weighted by Crippen LogP contribution is 2.16. The Morgan fingerprint density at radius 1 is 1.42 bits per heavy atom. The lowest BCUT2D eigenvalue weighted by molar-refractivity contribution is 0.628. The Morgan fingerprint density at radius 3 is 3.00 bits per heavy atom. The second-order valence-electron chi connectivity index (χ2n) is 4.35. The largest absolute Gasteiger partial charge is 0.330 e. The number of imidazole rings is 1. The van der Waals surface area contributed by atoms with E-state index in [2.05, 4.69) is 15.2 Å². The molecule has 0 aliphatic rings. The predicted octanol–water partition coefficient (Wildman–Crippen LogP) is 2.21. The molecule has 2 heterocycles. The van der Waals surface area contributed by atoms with Crippen molar-refractivity contribution in [3.63, 3.8) is 0 Å². The van der Waals surface area contributed by atoms with Gasteiger partial charge in [0, 0.05) is 20.0 Å². The zero-order valence-electron chi connectivity index (χ0n) is 10.3. The minimum Gasteiger partial charge on any atom is -0.330 e. The van der Waals surface area contributed by atoms with Gasteiger partial charge in [0.15, 0.2) is 4.77 Å². The van der Waals surface area contributed by atoms with Crippen LogP contribution in [0.2, 0.25) is 0 Å². The summed E-state index contributed by atoms with van der Waals surface area (Å²) in [6, 6.07) is 4.61. The fraction of sp³-hybridized carbons (Fsp3) is 0.250. The summed E-state index contributed by atoms with van der Waals surface area (Å²) < 4.78 is 17.6. The third-order valence-electron chi connectivity index (χ3n) is 3.10. The number of nitrogens with one attached hydrogen (secondary N) is 1. The maximum Gasteiger partial charge on any atom is 0.178 e. The van der Waals surface area contributed by atoms with Gasteiger partial charge in [-0.2, -0.15) is 0 Å². The highest BCUT2D eigenvalue weighted by Gasteiger charge is 2.07. The highest BCUT2D eigenvalue weighted by atomic mass is 32.1. The summed E-state index contributed by atoms with van der Waals surface area (Å²) in [4.78, 5) is 3.01. The van der Waals surface area contributed by atoms with Crippen LogP contribution in [0.25, 0.3) is 11.0 Å². The Morgan fingerprint density at radius 2 is 2.26 bits per heavy atom. The summed E-state index contributed by atoms with van der Waals surface area (Å²) in [6.07, 6.45) is 2.38. The number of nitrogens with zero attached hydrogens (tertiary/aromatic N) is 4. The van der Waals surface area contributed by atoms with Gasteiger partial charge in [-0.3, -0.25) is 0 Å². The van der Waals surface area contributed by atoms with Crippen LogP contribution in [0.3, 0.4) is 0 Å². The van der Waals surface area contributed by atoms with Crippen molar-refractivity contribution in [2.75, 3.05) is 0 Å². The van der Waals surface area contributed by atoms with Crippen LogP contribution in [0.5, 0.6) is 0 Å². The van der Waals surface area contributed by atoms with E-state index in [-0.39, 0.29) is 5.82 Å². The van der Waals surface area contributed by atoms with Gasteiger partial charge < -0.3 is 14.1 Å². The number of rotatable bonds is 3. The summed E-state index contributed by atoms with van der Waals surface area (Å²) in [5.41, 5.74) is 1.61. The van der Waals surface area contributed by atoms with Crippen molar-refractivity contribution in [1.82, 2.24) is 24.3 Å². The molecule has 19 heavy (non-hydrogen) atoms. The van der Waals surface area contributed by atoms with Crippen molar-refractivity contribution in [3.05, 3.63) is 40.9 Å². The third-order valence-corrected chi connectivity index (χ3v) is 3.42. The minimum atomic E-state index is -0.274. The first-order valence-electron chi connectivity index (χ1n) is 5.86. The van der Waals surface area contributed by atoms with Gasteiger partial charge in [0.05, 0.1) is 11.0 Å². The van der Waals surface area contributed by atoms with E-state index >= 15 is 0 Å². The molecule has 0 atom stereocenters. The lowest BCUT2D eigenvalue weighted by Gasteiger charge is -2.04. The Balaban J connectivity index is 1.95. The number of H-pyrrole nitrogens is 1. The molecule has 1 aromatic carbocycles. The monoisotopic (exact) mass is 277 g/mol. The molecule has 98 valence electrons. The van der Waals surface area contributed by atoms with Gasteiger partial charge in [-0.15, -0.1) is 10.2 Å². The van der Waals surface area contributed by atoms with Crippen molar-refractivity contribution >= 4 is 23.3 Å². The van der Waals surface area contributed by atoms with E-state index in [1.54, 1.807) is 12.4 Å². The number of hydrogen-bond donors (Lipinski definition) is 1. The maximum atomic E-state index is 13.2. The molecule has 5 nitrogen and oxygen atoms in total.